The maximum Gasteiger partial charge on any atom is 0.261 e. The largest absolute Gasteiger partial charge is 0.404 e. The molecule has 2 aromatic carbocycles. The van der Waals surface area contributed by atoms with Crippen LogP contribution >= 0.6 is 0 Å². The van der Waals surface area contributed by atoms with Gasteiger partial charge < -0.3 is 13.9 Å². The Hall–Kier alpha value is -1.72. The molecule has 0 aromatic heterocycles. The van der Waals surface area contributed by atoms with E-state index in [0.717, 1.165) is 32.5 Å². The third-order valence-corrected chi connectivity index (χ3v) is 11.5. The van der Waals surface area contributed by atoms with Crippen molar-refractivity contribution < 1.29 is 13.9 Å². The molecule has 1 unspecified atom stereocenters. The van der Waals surface area contributed by atoms with Gasteiger partial charge in [-0.25, -0.2) is 0 Å². The van der Waals surface area contributed by atoms with Crippen LogP contribution in [0.2, 0.25) is 5.04 Å². The number of hydrogen-bond acceptors (Lipinski definition) is 3. The van der Waals surface area contributed by atoms with Gasteiger partial charge in [0.1, 0.15) is 0 Å². The molecule has 0 saturated carbocycles. The summed E-state index contributed by atoms with van der Waals surface area (Å²) in [6.07, 6.45) is 6.65. The van der Waals surface area contributed by atoms with Gasteiger partial charge in [-0.15, -0.1) is 0 Å². The molecular formula is C29H42O3Si. The van der Waals surface area contributed by atoms with Gasteiger partial charge in [-0.1, -0.05) is 100 Å². The molecule has 0 aliphatic carbocycles. The minimum Gasteiger partial charge on any atom is -0.404 e. The Morgan fingerprint density at radius 3 is 2.15 bits per heavy atom. The molecule has 180 valence electrons. The van der Waals surface area contributed by atoms with E-state index < -0.39 is 8.32 Å². The van der Waals surface area contributed by atoms with Crippen LogP contribution in [0.25, 0.3) is 0 Å². The van der Waals surface area contributed by atoms with Crippen molar-refractivity contribution in [2.24, 2.45) is 5.92 Å². The lowest BCUT2D eigenvalue weighted by molar-refractivity contribution is -0.168. The van der Waals surface area contributed by atoms with Gasteiger partial charge in [-0.3, -0.25) is 0 Å². The molecule has 3 rings (SSSR count). The molecule has 33 heavy (non-hydrogen) atoms. The normalized spacial score (nSPS) is 18.8. The van der Waals surface area contributed by atoms with Crippen LogP contribution < -0.4 is 10.4 Å². The van der Waals surface area contributed by atoms with Gasteiger partial charge in [0, 0.05) is 6.61 Å². The SMILES string of the molecule is C/C(=C\CO[Si](c1ccccc1)(c1ccccc1)C(C)(C)C)C[C@@H](C)COC1CCCCO1. The van der Waals surface area contributed by atoms with Gasteiger partial charge in [-0.05, 0) is 53.9 Å². The third-order valence-electron chi connectivity index (χ3n) is 6.52. The van der Waals surface area contributed by atoms with E-state index in [2.05, 4.69) is 101 Å². The van der Waals surface area contributed by atoms with E-state index >= 15 is 0 Å². The molecule has 2 atom stereocenters. The first-order chi connectivity index (χ1) is 15.8. The van der Waals surface area contributed by atoms with Crippen molar-refractivity contribution in [3.63, 3.8) is 0 Å². The molecule has 0 radical (unpaired) electrons. The van der Waals surface area contributed by atoms with Crippen molar-refractivity contribution in [2.45, 2.75) is 71.6 Å². The van der Waals surface area contributed by atoms with E-state index in [1.807, 2.05) is 0 Å². The fourth-order valence-electron chi connectivity index (χ4n) is 4.88. The van der Waals surface area contributed by atoms with E-state index in [9.17, 15) is 0 Å². The Balaban J connectivity index is 1.69. The molecule has 1 heterocycles. The standard InChI is InChI=1S/C29H42O3Si/c1-24(22-25(2)23-31-28-18-12-13-20-30-28)19-21-32-33(29(3,4)5,26-14-8-6-9-15-26)27-16-10-7-11-17-27/h6-11,14-17,19,25,28H,12-13,18,20-23H2,1-5H3/b24-19+/t25-,28?/m1/s1. The number of rotatable bonds is 10. The zero-order valence-electron chi connectivity index (χ0n) is 21.2. The van der Waals surface area contributed by atoms with Crippen LogP contribution in [-0.2, 0) is 13.9 Å². The fourth-order valence-corrected chi connectivity index (χ4v) is 9.37. The summed E-state index contributed by atoms with van der Waals surface area (Å²) in [5.41, 5.74) is 1.36. The predicted molar refractivity (Wildman–Crippen MR) is 141 cm³/mol. The zero-order valence-corrected chi connectivity index (χ0v) is 22.2. The van der Waals surface area contributed by atoms with Crippen LogP contribution in [0.1, 0.15) is 60.3 Å². The van der Waals surface area contributed by atoms with E-state index in [0.29, 0.717) is 12.5 Å². The first-order valence-electron chi connectivity index (χ1n) is 12.5. The summed E-state index contributed by atoms with van der Waals surface area (Å²) in [7, 11) is -2.48. The zero-order chi connectivity index (χ0) is 23.7. The lowest BCUT2D eigenvalue weighted by Gasteiger charge is -2.42. The van der Waals surface area contributed by atoms with Crippen LogP contribution in [0, 0.1) is 5.92 Å². The van der Waals surface area contributed by atoms with Crippen LogP contribution in [0.3, 0.4) is 0 Å². The van der Waals surface area contributed by atoms with Crippen molar-refractivity contribution in [1.29, 1.82) is 0 Å². The topological polar surface area (TPSA) is 27.7 Å². The number of hydrogen-bond donors (Lipinski definition) is 0. The molecule has 0 amide bonds. The van der Waals surface area contributed by atoms with Gasteiger partial charge in [0.15, 0.2) is 6.29 Å². The van der Waals surface area contributed by atoms with E-state index in [1.54, 1.807) is 0 Å². The Labute approximate surface area is 202 Å². The van der Waals surface area contributed by atoms with Gasteiger partial charge in [0.25, 0.3) is 8.32 Å². The average Bonchev–Trinajstić information content (AvgIpc) is 2.81. The summed E-state index contributed by atoms with van der Waals surface area (Å²) < 4.78 is 18.7. The Bertz CT molecular complexity index is 812. The maximum absolute atomic E-state index is 6.98. The van der Waals surface area contributed by atoms with Crippen LogP contribution in [0.15, 0.2) is 72.3 Å². The lowest BCUT2D eigenvalue weighted by Crippen LogP contribution is -2.66. The molecule has 1 fully saturated rings. The molecule has 1 aliphatic heterocycles. The van der Waals surface area contributed by atoms with Crippen LogP contribution in [0.4, 0.5) is 0 Å². The predicted octanol–water partition coefficient (Wildman–Crippen LogP) is 6.08. The van der Waals surface area contributed by atoms with E-state index in [1.165, 1.54) is 22.4 Å². The molecule has 1 aliphatic rings. The highest BCUT2D eigenvalue weighted by Gasteiger charge is 2.49. The Morgan fingerprint density at radius 2 is 1.64 bits per heavy atom. The summed E-state index contributed by atoms with van der Waals surface area (Å²) in [6, 6.07) is 21.7. The third kappa shape index (κ3) is 6.89. The summed E-state index contributed by atoms with van der Waals surface area (Å²) in [6.45, 7) is 13.6. The maximum atomic E-state index is 6.98. The van der Waals surface area contributed by atoms with Crippen LogP contribution in [0.5, 0.6) is 0 Å². The molecule has 4 heteroatoms. The highest BCUT2D eigenvalue weighted by Crippen LogP contribution is 2.36. The number of allylic oxidation sites excluding steroid dienone is 1. The molecule has 0 bridgehead atoms. The second-order valence-electron chi connectivity index (χ2n) is 10.5. The monoisotopic (exact) mass is 466 g/mol. The smallest absolute Gasteiger partial charge is 0.261 e. The van der Waals surface area contributed by atoms with E-state index in [4.69, 9.17) is 13.9 Å². The van der Waals surface area contributed by atoms with Crippen molar-refractivity contribution >= 4 is 18.7 Å². The minimum atomic E-state index is -2.48. The molecular weight excluding hydrogens is 424 g/mol. The highest BCUT2D eigenvalue weighted by molar-refractivity contribution is 6.99. The number of ether oxygens (including phenoxy) is 2. The van der Waals surface area contributed by atoms with Crippen molar-refractivity contribution in [2.75, 3.05) is 19.8 Å². The number of benzene rings is 2. The van der Waals surface area contributed by atoms with Gasteiger partial charge in [-0.2, -0.15) is 0 Å². The molecule has 0 spiro atoms. The molecule has 3 nitrogen and oxygen atoms in total. The fraction of sp³-hybridized carbons (Fsp3) is 0.517. The van der Waals surface area contributed by atoms with Gasteiger partial charge >= 0.3 is 0 Å². The Kier molecular flexibility index (Phi) is 9.51. The summed E-state index contributed by atoms with van der Waals surface area (Å²) in [5.74, 6) is 0.458. The quantitative estimate of drug-likeness (QED) is 0.314. The highest BCUT2D eigenvalue weighted by atomic mass is 28.4. The van der Waals surface area contributed by atoms with Gasteiger partial charge in [0.2, 0.25) is 0 Å². The molecule has 2 aromatic rings. The van der Waals surface area contributed by atoms with E-state index in [-0.39, 0.29) is 11.3 Å². The van der Waals surface area contributed by atoms with Crippen molar-refractivity contribution in [3.05, 3.63) is 72.3 Å². The Morgan fingerprint density at radius 1 is 1.03 bits per heavy atom. The average molecular weight is 467 g/mol. The first kappa shape index (κ1) is 25.9. The van der Waals surface area contributed by atoms with Crippen molar-refractivity contribution in [3.8, 4) is 0 Å². The summed E-state index contributed by atoms with van der Waals surface area (Å²) in [5, 5.41) is 2.64. The molecule has 1 saturated heterocycles. The van der Waals surface area contributed by atoms with Crippen LogP contribution in [-0.4, -0.2) is 34.4 Å². The first-order valence-corrected chi connectivity index (χ1v) is 14.4. The summed E-state index contributed by atoms with van der Waals surface area (Å²) in [4.78, 5) is 0. The summed E-state index contributed by atoms with van der Waals surface area (Å²) >= 11 is 0. The van der Waals surface area contributed by atoms with Gasteiger partial charge in [0.05, 0.1) is 13.2 Å². The second-order valence-corrected chi connectivity index (χ2v) is 14.8. The second kappa shape index (κ2) is 12.1. The lowest BCUT2D eigenvalue weighted by atomic mass is 10.0. The minimum absolute atomic E-state index is 0.00141. The van der Waals surface area contributed by atoms with Crippen molar-refractivity contribution in [1.82, 2.24) is 0 Å². The molecule has 0 N–H and O–H groups in total.